The maximum atomic E-state index is 12.4. The van der Waals surface area contributed by atoms with E-state index in [1.807, 2.05) is 13.8 Å². The Bertz CT molecular complexity index is 728. The van der Waals surface area contributed by atoms with Crippen LogP contribution in [0.1, 0.15) is 53.4 Å². The minimum atomic E-state index is -0.201. The third-order valence-electron chi connectivity index (χ3n) is 4.49. The zero-order valence-electron chi connectivity index (χ0n) is 14.9. The Hall–Kier alpha value is -2.50. The van der Waals surface area contributed by atoms with Gasteiger partial charge < -0.3 is 19.2 Å². The minimum absolute atomic E-state index is 0.200. The van der Waals surface area contributed by atoms with Gasteiger partial charge in [0.2, 0.25) is 5.89 Å². The summed E-state index contributed by atoms with van der Waals surface area (Å²) >= 11 is 0. The molecule has 1 amide bonds. The van der Waals surface area contributed by atoms with Crippen molar-refractivity contribution < 1.29 is 18.7 Å². The first-order valence-corrected chi connectivity index (χ1v) is 8.62. The number of nitrogens with zero attached hydrogens (tertiary/aromatic N) is 1. The van der Waals surface area contributed by atoms with Crippen LogP contribution in [0, 0.1) is 13.8 Å². The molecule has 2 aromatic rings. The largest absolute Gasteiger partial charge is 0.493 e. The van der Waals surface area contributed by atoms with Gasteiger partial charge in [0, 0.05) is 5.56 Å². The highest BCUT2D eigenvalue weighted by molar-refractivity contribution is 5.94. The van der Waals surface area contributed by atoms with E-state index in [0.717, 1.165) is 24.3 Å². The lowest BCUT2D eigenvalue weighted by Gasteiger charge is -2.16. The van der Waals surface area contributed by atoms with E-state index < -0.39 is 0 Å². The number of hydrogen-bond donors (Lipinski definition) is 1. The van der Waals surface area contributed by atoms with Crippen LogP contribution in [-0.4, -0.2) is 24.1 Å². The van der Waals surface area contributed by atoms with Gasteiger partial charge in [0.15, 0.2) is 11.5 Å². The summed E-state index contributed by atoms with van der Waals surface area (Å²) in [5.74, 6) is 2.32. The number of benzene rings is 1. The van der Waals surface area contributed by atoms with Crippen molar-refractivity contribution in [1.29, 1.82) is 0 Å². The number of aromatic nitrogens is 1. The fraction of sp³-hybridized carbons (Fsp3) is 0.474. The van der Waals surface area contributed by atoms with Gasteiger partial charge in [-0.25, -0.2) is 4.98 Å². The molecule has 0 unspecified atom stereocenters. The fourth-order valence-electron chi connectivity index (χ4n) is 2.97. The summed E-state index contributed by atoms with van der Waals surface area (Å²) in [5, 5.41) is 2.82. The van der Waals surface area contributed by atoms with E-state index in [0.29, 0.717) is 23.0 Å². The van der Waals surface area contributed by atoms with E-state index in [2.05, 4.69) is 10.3 Å². The highest BCUT2D eigenvalue weighted by Crippen LogP contribution is 2.32. The number of carbonyl (C=O) groups excluding carboxylic acids is 1. The molecular formula is C19H24N2O4. The van der Waals surface area contributed by atoms with Crippen molar-refractivity contribution >= 4 is 5.91 Å². The molecule has 1 saturated carbocycles. The highest BCUT2D eigenvalue weighted by Gasteiger charge is 2.19. The lowest BCUT2D eigenvalue weighted by molar-refractivity contribution is 0.0946. The van der Waals surface area contributed by atoms with Crippen molar-refractivity contribution in [3.8, 4) is 11.5 Å². The Morgan fingerprint density at radius 1 is 1.28 bits per heavy atom. The number of rotatable bonds is 6. The van der Waals surface area contributed by atoms with Crippen LogP contribution in [-0.2, 0) is 6.54 Å². The first kappa shape index (κ1) is 17.3. The van der Waals surface area contributed by atoms with Gasteiger partial charge in [-0.05, 0) is 57.7 Å². The van der Waals surface area contributed by atoms with Crippen molar-refractivity contribution in [3.63, 3.8) is 0 Å². The molecule has 1 aliphatic rings. The normalized spacial score (nSPS) is 14.5. The van der Waals surface area contributed by atoms with Crippen molar-refractivity contribution in [2.75, 3.05) is 7.11 Å². The molecule has 3 rings (SSSR count). The lowest BCUT2D eigenvalue weighted by Crippen LogP contribution is -2.23. The number of aryl methyl sites for hydroxylation is 2. The van der Waals surface area contributed by atoms with Gasteiger partial charge in [-0.15, -0.1) is 0 Å². The van der Waals surface area contributed by atoms with Gasteiger partial charge in [-0.3, -0.25) is 4.79 Å². The monoisotopic (exact) mass is 344 g/mol. The van der Waals surface area contributed by atoms with Crippen molar-refractivity contribution in [3.05, 3.63) is 41.1 Å². The second-order valence-electron chi connectivity index (χ2n) is 6.32. The Morgan fingerprint density at radius 2 is 2.04 bits per heavy atom. The van der Waals surface area contributed by atoms with Crippen LogP contribution in [0.3, 0.4) is 0 Å². The molecule has 1 fully saturated rings. The number of ether oxygens (including phenoxy) is 2. The zero-order chi connectivity index (χ0) is 17.8. The average molecular weight is 344 g/mol. The molecule has 0 bridgehead atoms. The van der Waals surface area contributed by atoms with Crippen LogP contribution in [0.15, 0.2) is 22.6 Å². The molecule has 0 atom stereocenters. The summed E-state index contributed by atoms with van der Waals surface area (Å²) < 4.78 is 16.9. The first-order valence-electron chi connectivity index (χ1n) is 8.62. The molecule has 0 radical (unpaired) electrons. The first-order chi connectivity index (χ1) is 12.1. The molecule has 1 aromatic heterocycles. The molecule has 6 nitrogen and oxygen atoms in total. The van der Waals surface area contributed by atoms with Crippen LogP contribution >= 0.6 is 0 Å². The topological polar surface area (TPSA) is 73.6 Å². The van der Waals surface area contributed by atoms with Crippen LogP contribution in [0.2, 0.25) is 0 Å². The number of hydrogen-bond acceptors (Lipinski definition) is 5. The summed E-state index contributed by atoms with van der Waals surface area (Å²) in [7, 11) is 1.60. The van der Waals surface area contributed by atoms with E-state index in [1.165, 1.54) is 12.8 Å². The second-order valence-corrected chi connectivity index (χ2v) is 6.32. The number of carbonyl (C=O) groups is 1. The van der Waals surface area contributed by atoms with E-state index >= 15 is 0 Å². The van der Waals surface area contributed by atoms with Crippen molar-refractivity contribution in [2.45, 2.75) is 52.2 Å². The van der Waals surface area contributed by atoms with Gasteiger partial charge >= 0.3 is 0 Å². The van der Waals surface area contributed by atoms with E-state index in [4.69, 9.17) is 13.9 Å². The zero-order valence-corrected chi connectivity index (χ0v) is 14.9. The summed E-state index contributed by atoms with van der Waals surface area (Å²) in [5.41, 5.74) is 1.36. The molecule has 1 aromatic carbocycles. The molecule has 0 saturated heterocycles. The highest BCUT2D eigenvalue weighted by atomic mass is 16.5. The minimum Gasteiger partial charge on any atom is -0.493 e. The molecule has 1 heterocycles. The third-order valence-corrected chi connectivity index (χ3v) is 4.49. The molecule has 1 aliphatic carbocycles. The van der Waals surface area contributed by atoms with Crippen LogP contribution < -0.4 is 14.8 Å². The Kier molecular flexibility index (Phi) is 5.26. The predicted molar refractivity (Wildman–Crippen MR) is 93.0 cm³/mol. The number of nitrogens with one attached hydrogen (secondary N) is 1. The number of oxazole rings is 1. The fourth-order valence-corrected chi connectivity index (χ4v) is 2.97. The molecule has 0 aliphatic heterocycles. The standard InChI is InChI=1S/C19H24N2O4/c1-12-13(2)24-18(21-12)11-20-19(22)14-8-9-16(23-3)17(10-14)25-15-6-4-5-7-15/h8-10,15H,4-7,11H2,1-3H3,(H,20,22). The maximum Gasteiger partial charge on any atom is 0.251 e. The van der Waals surface area contributed by atoms with Crippen LogP contribution in [0.25, 0.3) is 0 Å². The molecule has 6 heteroatoms. The lowest BCUT2D eigenvalue weighted by atomic mass is 10.2. The van der Waals surface area contributed by atoms with Crippen molar-refractivity contribution in [1.82, 2.24) is 10.3 Å². The molecule has 25 heavy (non-hydrogen) atoms. The summed E-state index contributed by atoms with van der Waals surface area (Å²) in [4.78, 5) is 16.7. The van der Waals surface area contributed by atoms with Gasteiger partial charge in [0.25, 0.3) is 5.91 Å². The van der Waals surface area contributed by atoms with Crippen LogP contribution in [0.4, 0.5) is 0 Å². The second kappa shape index (κ2) is 7.59. The van der Waals surface area contributed by atoms with Gasteiger partial charge in [-0.1, -0.05) is 0 Å². The van der Waals surface area contributed by atoms with E-state index in [9.17, 15) is 4.79 Å². The van der Waals surface area contributed by atoms with Crippen LogP contribution in [0.5, 0.6) is 11.5 Å². The third kappa shape index (κ3) is 4.13. The Balaban J connectivity index is 1.68. The van der Waals surface area contributed by atoms with E-state index in [-0.39, 0.29) is 18.6 Å². The maximum absolute atomic E-state index is 12.4. The van der Waals surface area contributed by atoms with E-state index in [1.54, 1.807) is 25.3 Å². The number of amides is 1. The smallest absolute Gasteiger partial charge is 0.251 e. The van der Waals surface area contributed by atoms with Gasteiger partial charge in [-0.2, -0.15) is 0 Å². The van der Waals surface area contributed by atoms with Gasteiger partial charge in [0.05, 0.1) is 25.5 Å². The number of methoxy groups -OCH3 is 1. The molecule has 1 N–H and O–H groups in total. The molecule has 134 valence electrons. The Labute approximate surface area is 147 Å². The predicted octanol–water partition coefficient (Wildman–Crippen LogP) is 3.55. The quantitative estimate of drug-likeness (QED) is 0.867. The summed E-state index contributed by atoms with van der Waals surface area (Å²) in [6.45, 7) is 3.97. The average Bonchev–Trinajstić information content (AvgIpc) is 3.22. The molecular weight excluding hydrogens is 320 g/mol. The van der Waals surface area contributed by atoms with Crippen molar-refractivity contribution in [2.24, 2.45) is 0 Å². The Morgan fingerprint density at radius 3 is 2.68 bits per heavy atom. The summed E-state index contributed by atoms with van der Waals surface area (Å²) in [6, 6.07) is 5.22. The SMILES string of the molecule is COc1ccc(C(=O)NCc2nc(C)c(C)o2)cc1OC1CCCC1. The summed E-state index contributed by atoms with van der Waals surface area (Å²) in [6.07, 6.45) is 4.65. The molecule has 0 spiro atoms. The van der Waals surface area contributed by atoms with Gasteiger partial charge in [0.1, 0.15) is 5.76 Å².